The summed E-state index contributed by atoms with van der Waals surface area (Å²) in [5.74, 6) is 0.378. The number of aromatic hydroxyl groups is 1. The second-order valence-electron chi connectivity index (χ2n) is 6.55. The topological polar surface area (TPSA) is 83.5 Å². The lowest BCUT2D eigenvalue weighted by Gasteiger charge is -2.13. The molecule has 0 aliphatic carbocycles. The number of nitrogens with zero attached hydrogens (tertiary/aromatic N) is 1. The Morgan fingerprint density at radius 3 is 2.60 bits per heavy atom. The highest BCUT2D eigenvalue weighted by Crippen LogP contribution is 2.35. The number of anilines is 1. The monoisotopic (exact) mass is 429 g/mol. The first kappa shape index (κ1) is 21.4. The second kappa shape index (κ2) is 9.45. The second-order valence-corrected chi connectivity index (χ2v) is 6.96. The van der Waals surface area contributed by atoms with Gasteiger partial charge in [-0.3, -0.25) is 4.79 Å². The van der Waals surface area contributed by atoms with Gasteiger partial charge < -0.3 is 20.5 Å². The molecule has 0 aliphatic heterocycles. The van der Waals surface area contributed by atoms with Crippen LogP contribution < -0.4 is 15.4 Å². The third-order valence-corrected chi connectivity index (χ3v) is 4.67. The van der Waals surface area contributed by atoms with Crippen LogP contribution in [0.2, 0.25) is 5.02 Å². The summed E-state index contributed by atoms with van der Waals surface area (Å²) in [5, 5.41) is 16.3. The van der Waals surface area contributed by atoms with E-state index in [0.717, 1.165) is 0 Å². The van der Waals surface area contributed by atoms with Gasteiger partial charge in [0.05, 0.1) is 17.8 Å². The van der Waals surface area contributed by atoms with E-state index in [0.29, 0.717) is 47.0 Å². The number of rotatable bonds is 7. The van der Waals surface area contributed by atoms with Crippen LogP contribution in [0.15, 0.2) is 48.5 Å². The predicted molar refractivity (Wildman–Crippen MR) is 115 cm³/mol. The van der Waals surface area contributed by atoms with Crippen LogP contribution in [0.25, 0.3) is 22.4 Å². The summed E-state index contributed by atoms with van der Waals surface area (Å²) in [6.07, 6.45) is 0. The third kappa shape index (κ3) is 5.18. The largest absolute Gasteiger partial charge is 0.507 e. The number of halogens is 2. The number of phenolic OH excluding ortho intramolecular Hbond substituents is 1. The van der Waals surface area contributed by atoms with Gasteiger partial charge in [-0.25, -0.2) is 9.37 Å². The normalized spacial score (nSPS) is 10.5. The van der Waals surface area contributed by atoms with E-state index in [-0.39, 0.29) is 16.7 Å². The fourth-order valence-corrected chi connectivity index (χ4v) is 3.00. The molecule has 1 heterocycles. The van der Waals surface area contributed by atoms with Gasteiger partial charge >= 0.3 is 0 Å². The van der Waals surface area contributed by atoms with Gasteiger partial charge in [-0.15, -0.1) is 0 Å². The molecule has 3 aromatic rings. The average Bonchev–Trinajstić information content (AvgIpc) is 2.72. The van der Waals surface area contributed by atoms with Gasteiger partial charge in [-0.05, 0) is 47.5 Å². The number of amides is 1. The molecule has 0 unspecified atom stereocenters. The molecule has 0 saturated carbocycles. The number of pyridine rings is 1. The number of methoxy groups -OCH3 is 1. The Bertz CT molecular complexity index is 1080. The van der Waals surface area contributed by atoms with E-state index in [1.54, 1.807) is 30.3 Å². The van der Waals surface area contributed by atoms with Gasteiger partial charge in [0.15, 0.2) is 0 Å². The molecule has 8 heteroatoms. The smallest absolute Gasteiger partial charge is 0.216 e. The molecule has 6 nitrogen and oxygen atoms in total. The number of phenols is 1. The van der Waals surface area contributed by atoms with Gasteiger partial charge in [0.25, 0.3) is 0 Å². The molecule has 0 aliphatic rings. The Labute approximate surface area is 178 Å². The van der Waals surface area contributed by atoms with Crippen LogP contribution in [0.4, 0.5) is 10.2 Å². The lowest BCUT2D eigenvalue weighted by atomic mass is 10.0. The fraction of sp³-hybridized carbons (Fsp3) is 0.182. The van der Waals surface area contributed by atoms with Crippen LogP contribution in [0.3, 0.4) is 0 Å². The summed E-state index contributed by atoms with van der Waals surface area (Å²) in [6, 6.07) is 13.0. The lowest BCUT2D eigenvalue weighted by molar-refractivity contribution is -0.118. The number of nitrogens with one attached hydrogen (secondary N) is 2. The first-order valence-corrected chi connectivity index (χ1v) is 9.58. The molecule has 1 aromatic heterocycles. The highest BCUT2D eigenvalue weighted by Gasteiger charge is 2.12. The molecule has 0 saturated heterocycles. The minimum Gasteiger partial charge on any atom is -0.507 e. The molecule has 3 rings (SSSR count). The van der Waals surface area contributed by atoms with E-state index in [1.165, 1.54) is 32.2 Å². The number of carbonyl (C=O) groups excluding carboxylic acids is 1. The Morgan fingerprint density at radius 2 is 1.93 bits per heavy atom. The van der Waals surface area contributed by atoms with Crippen LogP contribution in [-0.2, 0) is 4.79 Å². The maximum Gasteiger partial charge on any atom is 0.216 e. The molecule has 0 bridgehead atoms. The third-order valence-electron chi connectivity index (χ3n) is 4.36. The van der Waals surface area contributed by atoms with E-state index in [2.05, 4.69) is 15.6 Å². The zero-order valence-electron chi connectivity index (χ0n) is 16.5. The van der Waals surface area contributed by atoms with E-state index >= 15 is 0 Å². The van der Waals surface area contributed by atoms with Crippen LogP contribution >= 0.6 is 11.6 Å². The zero-order valence-corrected chi connectivity index (χ0v) is 17.3. The molecule has 156 valence electrons. The molecule has 3 N–H and O–H groups in total. The number of hydrogen-bond donors (Lipinski definition) is 3. The van der Waals surface area contributed by atoms with Gasteiger partial charge in [-0.1, -0.05) is 17.7 Å². The molecule has 2 aromatic carbocycles. The summed E-state index contributed by atoms with van der Waals surface area (Å²) >= 11 is 5.81. The van der Waals surface area contributed by atoms with Crippen LogP contribution in [0.5, 0.6) is 11.5 Å². The Morgan fingerprint density at radius 1 is 1.13 bits per heavy atom. The van der Waals surface area contributed by atoms with Crippen molar-refractivity contribution < 1.29 is 19.0 Å². The first-order chi connectivity index (χ1) is 14.4. The quantitative estimate of drug-likeness (QED) is 0.482. The zero-order chi connectivity index (χ0) is 21.7. The maximum absolute atomic E-state index is 14.0. The minimum atomic E-state index is -0.528. The number of hydrogen-bond acceptors (Lipinski definition) is 5. The van der Waals surface area contributed by atoms with Crippen molar-refractivity contribution in [2.45, 2.75) is 6.92 Å². The molecule has 0 fully saturated rings. The van der Waals surface area contributed by atoms with Crippen molar-refractivity contribution in [3.63, 3.8) is 0 Å². The molecule has 1 amide bonds. The van der Waals surface area contributed by atoms with E-state index in [1.807, 2.05) is 0 Å². The van der Waals surface area contributed by atoms with E-state index in [9.17, 15) is 14.3 Å². The molecular formula is C22H21ClFN3O3. The van der Waals surface area contributed by atoms with Crippen molar-refractivity contribution in [1.82, 2.24) is 10.3 Å². The number of ether oxygens (including phenoxy) is 1. The van der Waals surface area contributed by atoms with Gasteiger partial charge in [0.1, 0.15) is 23.1 Å². The van der Waals surface area contributed by atoms with Crippen molar-refractivity contribution >= 4 is 23.3 Å². The predicted octanol–water partition coefficient (Wildman–Crippen LogP) is 4.47. The van der Waals surface area contributed by atoms with Crippen molar-refractivity contribution in [3.05, 3.63) is 59.4 Å². The van der Waals surface area contributed by atoms with Crippen molar-refractivity contribution in [2.75, 3.05) is 25.5 Å². The fourth-order valence-electron chi connectivity index (χ4n) is 2.89. The SMILES string of the molecule is COc1ccc(-c2cc(-c3ccc(Cl)c(F)c3)cc(NCCNC(C)=O)n2)c(O)c1. The summed E-state index contributed by atoms with van der Waals surface area (Å²) in [5.41, 5.74) is 2.29. The molecule has 0 atom stereocenters. The Hall–Kier alpha value is -3.32. The molecule has 0 spiro atoms. The van der Waals surface area contributed by atoms with Crippen LogP contribution in [0.1, 0.15) is 6.92 Å². The summed E-state index contributed by atoms with van der Waals surface area (Å²) in [4.78, 5) is 15.6. The van der Waals surface area contributed by atoms with Crippen molar-refractivity contribution in [2.24, 2.45) is 0 Å². The number of carbonyl (C=O) groups is 1. The highest BCUT2D eigenvalue weighted by atomic mass is 35.5. The first-order valence-electron chi connectivity index (χ1n) is 9.20. The van der Waals surface area contributed by atoms with Crippen LogP contribution in [0, 0.1) is 5.82 Å². The van der Waals surface area contributed by atoms with Gasteiger partial charge in [0.2, 0.25) is 5.91 Å². The average molecular weight is 430 g/mol. The van der Waals surface area contributed by atoms with Crippen molar-refractivity contribution in [1.29, 1.82) is 0 Å². The van der Waals surface area contributed by atoms with E-state index < -0.39 is 5.82 Å². The Kier molecular flexibility index (Phi) is 6.74. The Balaban J connectivity index is 2.01. The minimum absolute atomic E-state index is 0.00508. The summed E-state index contributed by atoms with van der Waals surface area (Å²) in [7, 11) is 1.51. The van der Waals surface area contributed by atoms with Crippen molar-refractivity contribution in [3.8, 4) is 33.9 Å². The van der Waals surface area contributed by atoms with E-state index in [4.69, 9.17) is 16.3 Å². The standard InChI is InChI=1S/C22H21ClFN3O3/c1-13(28)25-7-8-26-22-11-15(14-3-6-18(23)19(24)9-14)10-20(27-22)17-5-4-16(30-2)12-21(17)29/h3-6,9-12,29H,7-8H2,1-2H3,(H,25,28)(H,26,27). The lowest BCUT2D eigenvalue weighted by Crippen LogP contribution is -2.26. The highest BCUT2D eigenvalue weighted by molar-refractivity contribution is 6.30. The van der Waals surface area contributed by atoms with Gasteiger partial charge in [0, 0.05) is 31.6 Å². The summed E-state index contributed by atoms with van der Waals surface area (Å²) in [6.45, 7) is 2.30. The number of benzene rings is 2. The summed E-state index contributed by atoms with van der Waals surface area (Å²) < 4.78 is 19.1. The maximum atomic E-state index is 14.0. The van der Waals surface area contributed by atoms with Crippen LogP contribution in [-0.4, -0.2) is 36.2 Å². The molecular weight excluding hydrogens is 409 g/mol. The molecule has 0 radical (unpaired) electrons. The number of aromatic nitrogens is 1. The molecule has 30 heavy (non-hydrogen) atoms. The van der Waals surface area contributed by atoms with Gasteiger partial charge in [-0.2, -0.15) is 0 Å².